The van der Waals surface area contributed by atoms with Crippen LogP contribution in [0.15, 0.2) is 35.7 Å². The fourth-order valence-corrected chi connectivity index (χ4v) is 6.21. The maximum Gasteiger partial charge on any atom is 0.417 e. The Bertz CT molecular complexity index is 1250. The van der Waals surface area contributed by atoms with Gasteiger partial charge in [-0.05, 0) is 54.0 Å². The van der Waals surface area contributed by atoms with E-state index in [0.717, 1.165) is 24.8 Å². The summed E-state index contributed by atoms with van der Waals surface area (Å²) < 4.78 is 46.1. The third-order valence-corrected chi connectivity index (χ3v) is 8.37. The molecule has 1 atom stereocenters. The Hall–Kier alpha value is -2.29. The standard InChI is InChI=1S/C26H25ClF3NO3S/c27-22-11-18-20(14-35-24(18)12-21(22)26(28,29)30)16-5-7-23(19(10-16)25(32)33)31-8-9-34-17(13-31)6-4-15-2-1-3-15/h5,7,10-12,14-15,17H,1-4,6,8-9,13H2,(H,32,33)/t17-/m1/s1. The molecule has 1 saturated carbocycles. The van der Waals surface area contributed by atoms with Crippen molar-refractivity contribution in [3.05, 3.63) is 51.9 Å². The average molecular weight is 524 g/mol. The van der Waals surface area contributed by atoms with Crippen LogP contribution in [0.4, 0.5) is 18.9 Å². The van der Waals surface area contributed by atoms with E-state index in [2.05, 4.69) is 4.90 Å². The summed E-state index contributed by atoms with van der Waals surface area (Å²) in [5.74, 6) is -0.250. The van der Waals surface area contributed by atoms with E-state index in [1.54, 1.807) is 17.5 Å². The summed E-state index contributed by atoms with van der Waals surface area (Å²) in [6, 6.07) is 7.59. The molecule has 3 aromatic rings. The predicted molar refractivity (Wildman–Crippen MR) is 133 cm³/mol. The molecule has 0 spiro atoms. The summed E-state index contributed by atoms with van der Waals surface area (Å²) in [6.07, 6.45) is 1.56. The van der Waals surface area contributed by atoms with Crippen molar-refractivity contribution in [2.45, 2.75) is 44.4 Å². The molecule has 2 aromatic carbocycles. The van der Waals surface area contributed by atoms with Crippen molar-refractivity contribution in [3.63, 3.8) is 0 Å². The molecule has 1 N–H and O–H groups in total. The van der Waals surface area contributed by atoms with Gasteiger partial charge in [0.1, 0.15) is 0 Å². The van der Waals surface area contributed by atoms with Gasteiger partial charge >= 0.3 is 12.1 Å². The number of benzene rings is 2. The number of hydrogen-bond donors (Lipinski definition) is 1. The van der Waals surface area contributed by atoms with Crippen molar-refractivity contribution in [2.24, 2.45) is 5.92 Å². The quantitative estimate of drug-likeness (QED) is 0.359. The predicted octanol–water partition coefficient (Wildman–Crippen LogP) is 7.72. The zero-order valence-corrected chi connectivity index (χ0v) is 20.5. The summed E-state index contributed by atoms with van der Waals surface area (Å²) in [5, 5.41) is 11.9. The van der Waals surface area contributed by atoms with Gasteiger partial charge in [-0.2, -0.15) is 13.2 Å². The molecule has 1 aliphatic heterocycles. The molecule has 0 bridgehead atoms. The van der Waals surface area contributed by atoms with E-state index in [-0.39, 0.29) is 16.7 Å². The van der Waals surface area contributed by atoms with E-state index in [1.807, 2.05) is 6.07 Å². The molecule has 5 rings (SSSR count). The normalized spacial score (nSPS) is 19.2. The molecule has 186 valence electrons. The molecular weight excluding hydrogens is 499 g/mol. The molecule has 0 radical (unpaired) electrons. The zero-order chi connectivity index (χ0) is 24.7. The van der Waals surface area contributed by atoms with Gasteiger partial charge < -0.3 is 14.7 Å². The molecule has 1 aliphatic carbocycles. The van der Waals surface area contributed by atoms with E-state index in [9.17, 15) is 23.1 Å². The third kappa shape index (κ3) is 5.01. The summed E-state index contributed by atoms with van der Waals surface area (Å²) in [6.45, 7) is 1.80. The Morgan fingerprint density at radius 2 is 2.00 bits per heavy atom. The monoisotopic (exact) mass is 523 g/mol. The van der Waals surface area contributed by atoms with Crippen molar-refractivity contribution in [2.75, 3.05) is 24.6 Å². The first-order chi connectivity index (χ1) is 16.7. The van der Waals surface area contributed by atoms with Crippen molar-refractivity contribution in [1.29, 1.82) is 0 Å². The third-order valence-electron chi connectivity index (χ3n) is 7.11. The van der Waals surface area contributed by atoms with Crippen LogP contribution in [0.3, 0.4) is 0 Å². The molecule has 9 heteroatoms. The van der Waals surface area contributed by atoms with Gasteiger partial charge in [-0.1, -0.05) is 36.9 Å². The maximum absolute atomic E-state index is 13.2. The second-order valence-corrected chi connectivity index (χ2v) is 10.6. The summed E-state index contributed by atoms with van der Waals surface area (Å²) in [4.78, 5) is 14.3. The number of morpholine rings is 1. The number of alkyl halides is 3. The van der Waals surface area contributed by atoms with Gasteiger partial charge in [0.05, 0.1) is 34.5 Å². The highest BCUT2D eigenvalue weighted by atomic mass is 35.5. The molecule has 2 fully saturated rings. The van der Waals surface area contributed by atoms with Crippen molar-refractivity contribution >= 4 is 44.7 Å². The highest BCUT2D eigenvalue weighted by Crippen LogP contribution is 2.43. The minimum absolute atomic E-state index is 0.0801. The average Bonchev–Trinajstić information content (AvgIpc) is 3.19. The van der Waals surface area contributed by atoms with Crippen LogP contribution in [0.5, 0.6) is 0 Å². The van der Waals surface area contributed by atoms with Crippen LogP contribution in [0.25, 0.3) is 21.2 Å². The Morgan fingerprint density at radius 3 is 2.69 bits per heavy atom. The Labute approximate surface area is 210 Å². The van der Waals surface area contributed by atoms with Crippen LogP contribution in [0.1, 0.15) is 48.0 Å². The van der Waals surface area contributed by atoms with Gasteiger partial charge in [-0.3, -0.25) is 0 Å². The molecule has 0 unspecified atom stereocenters. The fourth-order valence-electron chi connectivity index (χ4n) is 4.95. The number of nitrogens with zero attached hydrogens (tertiary/aromatic N) is 1. The minimum atomic E-state index is -4.54. The second-order valence-electron chi connectivity index (χ2n) is 9.33. The van der Waals surface area contributed by atoms with Gasteiger partial charge in [0.2, 0.25) is 0 Å². The molecule has 1 saturated heterocycles. The number of carbonyl (C=O) groups is 1. The van der Waals surface area contributed by atoms with E-state index in [4.69, 9.17) is 16.3 Å². The van der Waals surface area contributed by atoms with E-state index >= 15 is 0 Å². The number of anilines is 1. The first-order valence-corrected chi connectivity index (χ1v) is 13.0. The van der Waals surface area contributed by atoms with Gasteiger partial charge in [-0.15, -0.1) is 11.3 Å². The van der Waals surface area contributed by atoms with E-state index in [0.29, 0.717) is 46.6 Å². The number of rotatable bonds is 6. The number of halogens is 4. The summed E-state index contributed by atoms with van der Waals surface area (Å²) >= 11 is 7.13. The topological polar surface area (TPSA) is 49.8 Å². The Balaban J connectivity index is 1.43. The highest BCUT2D eigenvalue weighted by Gasteiger charge is 2.34. The second kappa shape index (κ2) is 9.64. The van der Waals surface area contributed by atoms with Gasteiger partial charge in [-0.25, -0.2) is 4.79 Å². The smallest absolute Gasteiger partial charge is 0.417 e. The number of thiophene rings is 1. The first-order valence-electron chi connectivity index (χ1n) is 11.7. The summed E-state index contributed by atoms with van der Waals surface area (Å²) in [7, 11) is 0. The van der Waals surface area contributed by atoms with Crippen LogP contribution < -0.4 is 4.90 Å². The molecule has 2 heterocycles. The first kappa shape index (κ1) is 24.4. The van der Waals surface area contributed by atoms with Crippen LogP contribution >= 0.6 is 22.9 Å². The number of aromatic carboxylic acids is 1. The Morgan fingerprint density at radius 1 is 1.20 bits per heavy atom. The van der Waals surface area contributed by atoms with Crippen LogP contribution in [0.2, 0.25) is 5.02 Å². The zero-order valence-electron chi connectivity index (χ0n) is 18.9. The maximum atomic E-state index is 13.2. The van der Waals surface area contributed by atoms with Crippen molar-refractivity contribution < 1.29 is 27.8 Å². The van der Waals surface area contributed by atoms with Crippen LogP contribution in [-0.2, 0) is 10.9 Å². The van der Waals surface area contributed by atoms with Gasteiger partial charge in [0, 0.05) is 28.7 Å². The number of fused-ring (bicyclic) bond motifs is 1. The van der Waals surface area contributed by atoms with E-state index < -0.39 is 17.7 Å². The molecule has 4 nitrogen and oxygen atoms in total. The van der Waals surface area contributed by atoms with Crippen molar-refractivity contribution in [1.82, 2.24) is 0 Å². The number of hydrogen-bond acceptors (Lipinski definition) is 4. The lowest BCUT2D eigenvalue weighted by atomic mass is 9.81. The molecular formula is C26H25ClF3NO3S. The van der Waals surface area contributed by atoms with Crippen LogP contribution in [0, 0.1) is 5.92 Å². The van der Waals surface area contributed by atoms with Gasteiger partial charge in [0.25, 0.3) is 0 Å². The van der Waals surface area contributed by atoms with Crippen molar-refractivity contribution in [3.8, 4) is 11.1 Å². The fraction of sp³-hybridized carbons (Fsp3) is 0.423. The van der Waals surface area contributed by atoms with Gasteiger partial charge in [0.15, 0.2) is 0 Å². The molecule has 1 aromatic heterocycles. The molecule has 35 heavy (non-hydrogen) atoms. The lowest BCUT2D eigenvalue weighted by molar-refractivity contribution is -0.137. The lowest BCUT2D eigenvalue weighted by Gasteiger charge is -2.36. The molecule has 2 aliphatic rings. The Kier molecular flexibility index (Phi) is 6.72. The number of carboxylic acid groups (broad SMARTS) is 1. The largest absolute Gasteiger partial charge is 0.478 e. The number of ether oxygens (including phenoxy) is 1. The lowest BCUT2D eigenvalue weighted by Crippen LogP contribution is -2.43. The number of carboxylic acids is 1. The van der Waals surface area contributed by atoms with Crippen LogP contribution in [-0.4, -0.2) is 36.9 Å². The SMILES string of the molecule is O=C(O)c1cc(-c2csc3cc(C(F)(F)F)c(Cl)cc23)ccc1N1CCO[C@H](CCC2CCC2)C1. The summed E-state index contributed by atoms with van der Waals surface area (Å²) in [5.41, 5.74) is 1.22. The highest BCUT2D eigenvalue weighted by molar-refractivity contribution is 7.17. The van der Waals surface area contributed by atoms with E-state index in [1.165, 1.54) is 36.7 Å². The molecule has 0 amide bonds. The minimum Gasteiger partial charge on any atom is -0.478 e.